The number of nitrogens with two attached hydrogens (primary N) is 1. The van der Waals surface area contributed by atoms with Crippen molar-refractivity contribution in [3.05, 3.63) is 65.7 Å². The predicted octanol–water partition coefficient (Wildman–Crippen LogP) is 4.33. The van der Waals surface area contributed by atoms with Crippen LogP contribution in [0.5, 0.6) is 5.75 Å². The summed E-state index contributed by atoms with van der Waals surface area (Å²) in [6.45, 7) is 12.4. The van der Waals surface area contributed by atoms with Crippen molar-refractivity contribution in [1.82, 2.24) is 16.0 Å². The van der Waals surface area contributed by atoms with Gasteiger partial charge >= 0.3 is 6.09 Å². The van der Waals surface area contributed by atoms with Gasteiger partial charge in [0.25, 0.3) is 0 Å². The van der Waals surface area contributed by atoms with Gasteiger partial charge in [-0.1, -0.05) is 75.2 Å². The summed E-state index contributed by atoms with van der Waals surface area (Å²) in [5.41, 5.74) is 7.17. The summed E-state index contributed by atoms with van der Waals surface area (Å²) < 4.78 is 10.5. The molecule has 2 aromatic carbocycles. The van der Waals surface area contributed by atoms with Crippen molar-refractivity contribution in [3.63, 3.8) is 0 Å². The van der Waals surface area contributed by atoms with Gasteiger partial charge in [0.1, 0.15) is 18.9 Å². The first kappa shape index (κ1) is 35.4. The van der Waals surface area contributed by atoms with E-state index in [-0.39, 0.29) is 25.1 Å². The number of unbranched alkanes of at least 4 members (excludes halogenated alkanes) is 1. The van der Waals surface area contributed by atoms with Crippen LogP contribution in [0.3, 0.4) is 0 Å². The van der Waals surface area contributed by atoms with Gasteiger partial charge in [0.2, 0.25) is 12.3 Å². The molecule has 39 heavy (non-hydrogen) atoms. The van der Waals surface area contributed by atoms with Crippen LogP contribution in [0, 0.1) is 12.8 Å². The Balaban J connectivity index is 0.000000670. The maximum absolute atomic E-state index is 11.6. The molecule has 0 aliphatic heterocycles. The van der Waals surface area contributed by atoms with E-state index in [0.717, 1.165) is 30.8 Å². The van der Waals surface area contributed by atoms with Crippen LogP contribution in [0.15, 0.2) is 54.6 Å². The zero-order valence-electron chi connectivity index (χ0n) is 24.2. The molecular formula is C30H48N4O5. The van der Waals surface area contributed by atoms with Gasteiger partial charge in [-0.2, -0.15) is 0 Å². The standard InChI is InChI=1S/C16H24N2O3.C11H16O.C3H8N2O/c1-12(2)9-13(3)18-15(19)10-17-16(20)21-11-14-7-5-4-6-8-14;1-3-4-9-12-11-7-5-10(2)6-8-11;4-1-2-5-3-6/h4-8,12-13H,9-11H2,1-3H3,(H,17,20)(H,18,19);5-8H,3-4,9H2,1-2H3;3H,1-2,4H2,(H,5,6). The van der Waals surface area contributed by atoms with Crippen molar-refractivity contribution >= 4 is 18.4 Å². The Labute approximate surface area is 234 Å². The summed E-state index contributed by atoms with van der Waals surface area (Å²) in [4.78, 5) is 32.5. The Morgan fingerprint density at radius 3 is 2.23 bits per heavy atom. The number of carbonyl (C=O) groups is 3. The van der Waals surface area contributed by atoms with E-state index in [2.05, 4.69) is 55.8 Å². The molecule has 0 heterocycles. The molecule has 0 aromatic heterocycles. The molecule has 0 spiro atoms. The highest BCUT2D eigenvalue weighted by Crippen LogP contribution is 2.11. The minimum atomic E-state index is -0.592. The Morgan fingerprint density at radius 2 is 1.69 bits per heavy atom. The molecule has 0 bridgehead atoms. The summed E-state index contributed by atoms with van der Waals surface area (Å²) in [7, 11) is 0. The SMILES string of the molecule is CC(C)CC(C)NC(=O)CNC(=O)OCc1ccccc1.CCCCOc1ccc(C)cc1.NCCNC=O. The topological polar surface area (TPSA) is 132 Å². The predicted molar refractivity (Wildman–Crippen MR) is 156 cm³/mol. The average molecular weight is 545 g/mol. The fraction of sp³-hybridized carbons (Fsp3) is 0.500. The number of alkyl carbamates (subject to hydrolysis) is 1. The third-order valence-electron chi connectivity index (χ3n) is 5.00. The van der Waals surface area contributed by atoms with E-state index in [1.54, 1.807) is 0 Å². The van der Waals surface area contributed by atoms with Crippen molar-refractivity contribution in [2.24, 2.45) is 11.7 Å². The first-order chi connectivity index (χ1) is 18.7. The van der Waals surface area contributed by atoms with Gasteiger partial charge in [0.05, 0.1) is 6.61 Å². The highest BCUT2D eigenvalue weighted by atomic mass is 16.5. The molecule has 0 saturated carbocycles. The van der Waals surface area contributed by atoms with Crippen molar-refractivity contribution in [3.8, 4) is 5.75 Å². The maximum Gasteiger partial charge on any atom is 0.407 e. The van der Waals surface area contributed by atoms with Crippen LogP contribution in [0.25, 0.3) is 0 Å². The van der Waals surface area contributed by atoms with E-state index in [9.17, 15) is 14.4 Å². The van der Waals surface area contributed by atoms with Crippen molar-refractivity contribution < 1.29 is 23.9 Å². The smallest absolute Gasteiger partial charge is 0.407 e. The second-order valence-corrected chi connectivity index (χ2v) is 9.39. The van der Waals surface area contributed by atoms with Crippen LogP contribution in [-0.2, 0) is 20.9 Å². The molecule has 3 amide bonds. The molecule has 9 nitrogen and oxygen atoms in total. The van der Waals surface area contributed by atoms with Crippen LogP contribution in [-0.4, -0.2) is 50.7 Å². The summed E-state index contributed by atoms with van der Waals surface area (Å²) in [6.07, 6.45) is 3.27. The van der Waals surface area contributed by atoms with Gasteiger partial charge < -0.3 is 31.2 Å². The van der Waals surface area contributed by atoms with Gasteiger partial charge in [-0.15, -0.1) is 0 Å². The van der Waals surface area contributed by atoms with Gasteiger partial charge in [0, 0.05) is 19.1 Å². The highest BCUT2D eigenvalue weighted by molar-refractivity contribution is 5.82. The lowest BCUT2D eigenvalue weighted by Gasteiger charge is -2.16. The van der Waals surface area contributed by atoms with E-state index >= 15 is 0 Å². The number of rotatable bonds is 14. The molecule has 0 aliphatic rings. The lowest BCUT2D eigenvalue weighted by atomic mass is 10.1. The van der Waals surface area contributed by atoms with E-state index in [0.29, 0.717) is 25.4 Å². The number of carbonyl (C=O) groups excluding carboxylic acids is 3. The van der Waals surface area contributed by atoms with Crippen LogP contribution < -0.4 is 26.4 Å². The average Bonchev–Trinajstić information content (AvgIpc) is 2.91. The second kappa shape index (κ2) is 23.5. The molecule has 9 heteroatoms. The molecule has 218 valence electrons. The Kier molecular flexibility index (Phi) is 21.4. The van der Waals surface area contributed by atoms with Crippen molar-refractivity contribution in [2.45, 2.75) is 66.5 Å². The van der Waals surface area contributed by atoms with E-state index in [1.807, 2.05) is 49.4 Å². The molecule has 1 unspecified atom stereocenters. The molecule has 0 fully saturated rings. The fourth-order valence-corrected chi connectivity index (χ4v) is 3.13. The second-order valence-electron chi connectivity index (χ2n) is 9.39. The molecule has 0 aliphatic carbocycles. The van der Waals surface area contributed by atoms with Crippen LogP contribution >= 0.6 is 0 Å². The van der Waals surface area contributed by atoms with Gasteiger partial charge in [0.15, 0.2) is 0 Å². The number of aryl methyl sites for hydroxylation is 1. The molecule has 2 rings (SSSR count). The number of benzene rings is 2. The summed E-state index contributed by atoms with van der Waals surface area (Å²) in [6, 6.07) is 17.7. The molecule has 5 N–H and O–H groups in total. The molecule has 2 aromatic rings. The summed E-state index contributed by atoms with van der Waals surface area (Å²) in [5, 5.41) is 7.66. The molecular weight excluding hydrogens is 496 g/mol. The number of hydrogen-bond acceptors (Lipinski definition) is 6. The van der Waals surface area contributed by atoms with Crippen LogP contribution in [0.2, 0.25) is 0 Å². The number of amides is 3. The third kappa shape index (κ3) is 22.1. The molecule has 0 saturated heterocycles. The van der Waals surface area contributed by atoms with Crippen LogP contribution in [0.4, 0.5) is 4.79 Å². The Bertz CT molecular complexity index is 892. The zero-order chi connectivity index (χ0) is 29.3. The largest absolute Gasteiger partial charge is 0.494 e. The number of hydrogen-bond donors (Lipinski definition) is 4. The lowest BCUT2D eigenvalue weighted by molar-refractivity contribution is -0.120. The first-order valence-corrected chi connectivity index (χ1v) is 13.5. The van der Waals surface area contributed by atoms with E-state index in [1.165, 1.54) is 12.0 Å². The molecule has 0 radical (unpaired) electrons. The van der Waals surface area contributed by atoms with Gasteiger partial charge in [-0.3, -0.25) is 9.59 Å². The van der Waals surface area contributed by atoms with Crippen molar-refractivity contribution in [1.29, 1.82) is 0 Å². The minimum absolute atomic E-state index is 0.0734. The Hall–Kier alpha value is -3.59. The van der Waals surface area contributed by atoms with Crippen LogP contribution in [0.1, 0.15) is 58.1 Å². The van der Waals surface area contributed by atoms with Gasteiger partial charge in [-0.25, -0.2) is 4.79 Å². The number of ether oxygens (including phenoxy) is 2. The van der Waals surface area contributed by atoms with Gasteiger partial charge in [-0.05, 0) is 50.3 Å². The lowest BCUT2D eigenvalue weighted by Crippen LogP contribution is -2.41. The van der Waals surface area contributed by atoms with Crippen molar-refractivity contribution in [2.75, 3.05) is 26.2 Å². The minimum Gasteiger partial charge on any atom is -0.494 e. The highest BCUT2D eigenvalue weighted by Gasteiger charge is 2.10. The Morgan fingerprint density at radius 1 is 1.03 bits per heavy atom. The monoisotopic (exact) mass is 544 g/mol. The quantitative estimate of drug-likeness (QED) is 0.207. The third-order valence-corrected chi connectivity index (χ3v) is 5.00. The maximum atomic E-state index is 11.6. The normalized spacial score (nSPS) is 10.5. The summed E-state index contributed by atoms with van der Waals surface area (Å²) in [5.74, 6) is 1.29. The molecule has 1 atom stereocenters. The first-order valence-electron chi connectivity index (χ1n) is 13.5. The van der Waals surface area contributed by atoms with E-state index < -0.39 is 6.09 Å². The van der Waals surface area contributed by atoms with E-state index in [4.69, 9.17) is 15.2 Å². The summed E-state index contributed by atoms with van der Waals surface area (Å²) >= 11 is 0. The number of nitrogens with one attached hydrogen (secondary N) is 3. The fourth-order valence-electron chi connectivity index (χ4n) is 3.13. The zero-order valence-corrected chi connectivity index (χ0v) is 24.2.